The zero-order chi connectivity index (χ0) is 19.9. The van der Waals surface area contributed by atoms with Gasteiger partial charge >= 0.3 is 0 Å². The molecule has 0 aliphatic heterocycles. The second-order valence-electron chi connectivity index (χ2n) is 6.51. The third kappa shape index (κ3) is 5.26. The normalized spacial score (nSPS) is 10.6. The highest BCUT2D eigenvalue weighted by Gasteiger charge is 2.12. The van der Waals surface area contributed by atoms with Gasteiger partial charge in [0.1, 0.15) is 23.1 Å². The largest absolute Gasteiger partial charge is 0.489 e. The van der Waals surface area contributed by atoms with Crippen molar-refractivity contribution in [1.29, 1.82) is 0 Å². The van der Waals surface area contributed by atoms with Crippen molar-refractivity contribution in [3.05, 3.63) is 71.9 Å². The number of anilines is 2. The summed E-state index contributed by atoms with van der Waals surface area (Å²) in [6, 6.07) is 12.9. The van der Waals surface area contributed by atoms with Crippen molar-refractivity contribution in [3.63, 3.8) is 0 Å². The minimum absolute atomic E-state index is 0.0459. The number of aryl methyl sites for hydroxylation is 1. The molecule has 0 saturated heterocycles. The molecule has 0 bridgehead atoms. The Kier molecular flexibility index (Phi) is 6.16. The summed E-state index contributed by atoms with van der Waals surface area (Å²) in [5.41, 5.74) is 2.04. The molecule has 2 N–H and O–H groups in total. The molecule has 0 radical (unpaired) electrons. The van der Waals surface area contributed by atoms with Crippen LogP contribution in [0.5, 0.6) is 5.75 Å². The molecule has 0 fully saturated rings. The van der Waals surface area contributed by atoms with E-state index in [0.717, 1.165) is 17.0 Å². The number of aromatic nitrogens is 3. The Morgan fingerprint density at radius 3 is 2.61 bits per heavy atom. The Morgan fingerprint density at radius 1 is 1.11 bits per heavy atom. The molecule has 3 rings (SSSR count). The molecule has 3 aromatic rings. The molecule has 144 valence electrons. The maximum absolute atomic E-state index is 12.5. The first-order valence-corrected chi connectivity index (χ1v) is 9.07. The van der Waals surface area contributed by atoms with Crippen molar-refractivity contribution >= 4 is 17.4 Å². The number of carbonyl (C=O) groups excluding carboxylic acids is 1. The summed E-state index contributed by atoms with van der Waals surface area (Å²) in [6.07, 6.45) is 3.42. The van der Waals surface area contributed by atoms with Gasteiger partial charge in [0.15, 0.2) is 0 Å². The van der Waals surface area contributed by atoms with Crippen molar-refractivity contribution in [2.45, 2.75) is 33.4 Å². The second-order valence-corrected chi connectivity index (χ2v) is 6.51. The minimum atomic E-state index is -0.267. The third-order valence-corrected chi connectivity index (χ3v) is 3.79. The molecule has 0 saturated carbocycles. The Morgan fingerprint density at radius 2 is 1.86 bits per heavy atom. The molecule has 0 atom stereocenters. The molecule has 1 amide bonds. The maximum atomic E-state index is 12.5. The van der Waals surface area contributed by atoms with Crippen LogP contribution in [0.1, 0.15) is 35.7 Å². The highest BCUT2D eigenvalue weighted by molar-refractivity contribution is 5.93. The van der Waals surface area contributed by atoms with Crippen LogP contribution in [0.4, 0.5) is 11.5 Å². The van der Waals surface area contributed by atoms with Gasteiger partial charge in [-0.3, -0.25) is 9.78 Å². The van der Waals surface area contributed by atoms with Crippen molar-refractivity contribution in [3.8, 4) is 5.75 Å². The lowest BCUT2D eigenvalue weighted by atomic mass is 10.2. The number of amides is 1. The van der Waals surface area contributed by atoms with Gasteiger partial charge in [-0.2, -0.15) is 0 Å². The average Bonchev–Trinajstić information content (AvgIpc) is 2.67. The van der Waals surface area contributed by atoms with E-state index in [0.29, 0.717) is 23.9 Å². The lowest BCUT2D eigenvalue weighted by Gasteiger charge is -2.15. The zero-order valence-corrected chi connectivity index (χ0v) is 16.1. The lowest BCUT2D eigenvalue weighted by molar-refractivity contribution is 0.0945. The second kappa shape index (κ2) is 8.94. The number of hydrogen-bond donors (Lipinski definition) is 2. The number of rotatable bonds is 7. The fourth-order valence-electron chi connectivity index (χ4n) is 2.59. The number of nitrogens with one attached hydrogen (secondary N) is 2. The molecule has 0 spiro atoms. The van der Waals surface area contributed by atoms with E-state index in [1.165, 1.54) is 0 Å². The van der Waals surface area contributed by atoms with Crippen LogP contribution >= 0.6 is 0 Å². The Bertz CT molecular complexity index is 945. The van der Waals surface area contributed by atoms with Crippen LogP contribution in [0, 0.1) is 6.92 Å². The van der Waals surface area contributed by atoms with Crippen LogP contribution in [0.25, 0.3) is 0 Å². The number of nitrogens with zero attached hydrogens (tertiary/aromatic N) is 3. The topological polar surface area (TPSA) is 89.0 Å². The average molecular weight is 377 g/mol. The summed E-state index contributed by atoms with van der Waals surface area (Å²) >= 11 is 0. The molecule has 2 aromatic heterocycles. The van der Waals surface area contributed by atoms with E-state index in [9.17, 15) is 4.79 Å². The first-order chi connectivity index (χ1) is 13.5. The third-order valence-electron chi connectivity index (χ3n) is 3.79. The predicted molar refractivity (Wildman–Crippen MR) is 108 cm³/mol. The smallest absolute Gasteiger partial charge is 0.270 e. The van der Waals surface area contributed by atoms with Crippen LogP contribution in [0.2, 0.25) is 0 Å². The highest BCUT2D eigenvalue weighted by atomic mass is 16.5. The van der Waals surface area contributed by atoms with E-state index in [2.05, 4.69) is 25.6 Å². The highest BCUT2D eigenvalue weighted by Crippen LogP contribution is 2.27. The molecule has 0 aliphatic rings. The first kappa shape index (κ1) is 19.3. The fraction of sp³-hybridized carbons (Fsp3) is 0.238. The molecule has 7 nitrogen and oxygen atoms in total. The van der Waals surface area contributed by atoms with E-state index < -0.39 is 0 Å². The lowest BCUT2D eigenvalue weighted by Crippen LogP contribution is -2.24. The van der Waals surface area contributed by atoms with Gasteiger partial charge in [-0.15, -0.1) is 0 Å². The van der Waals surface area contributed by atoms with E-state index in [4.69, 9.17) is 4.74 Å². The van der Waals surface area contributed by atoms with Gasteiger partial charge in [0.2, 0.25) is 0 Å². The van der Waals surface area contributed by atoms with Gasteiger partial charge in [-0.05, 0) is 50.6 Å². The van der Waals surface area contributed by atoms with Crippen LogP contribution in [0.15, 0.2) is 54.9 Å². The Balaban J connectivity index is 1.75. The number of pyridine rings is 1. The van der Waals surface area contributed by atoms with Gasteiger partial charge in [0, 0.05) is 25.0 Å². The van der Waals surface area contributed by atoms with Crippen molar-refractivity contribution in [1.82, 2.24) is 20.3 Å². The fourth-order valence-corrected chi connectivity index (χ4v) is 2.59. The van der Waals surface area contributed by atoms with Gasteiger partial charge < -0.3 is 15.4 Å². The summed E-state index contributed by atoms with van der Waals surface area (Å²) in [7, 11) is 0. The van der Waals surface area contributed by atoms with Crippen molar-refractivity contribution in [2.24, 2.45) is 0 Å². The molecular formula is C21H23N5O2. The van der Waals surface area contributed by atoms with Crippen LogP contribution < -0.4 is 15.4 Å². The van der Waals surface area contributed by atoms with Crippen LogP contribution in [-0.4, -0.2) is 27.0 Å². The summed E-state index contributed by atoms with van der Waals surface area (Å²) in [5, 5.41) is 6.08. The summed E-state index contributed by atoms with van der Waals surface area (Å²) in [4.78, 5) is 25.1. The van der Waals surface area contributed by atoms with E-state index in [-0.39, 0.29) is 12.0 Å². The number of benzene rings is 1. The molecule has 2 heterocycles. The number of carbonyl (C=O) groups is 1. The number of para-hydroxylation sites is 2. The first-order valence-electron chi connectivity index (χ1n) is 9.07. The van der Waals surface area contributed by atoms with E-state index in [1.807, 2.05) is 50.2 Å². The van der Waals surface area contributed by atoms with Gasteiger partial charge in [0.25, 0.3) is 5.91 Å². The monoisotopic (exact) mass is 377 g/mol. The molecular weight excluding hydrogens is 354 g/mol. The molecule has 0 unspecified atom stereocenters. The zero-order valence-electron chi connectivity index (χ0n) is 16.1. The minimum Gasteiger partial charge on any atom is -0.489 e. The van der Waals surface area contributed by atoms with Crippen LogP contribution in [-0.2, 0) is 6.54 Å². The maximum Gasteiger partial charge on any atom is 0.270 e. The Labute approximate surface area is 164 Å². The Hall–Kier alpha value is -3.48. The van der Waals surface area contributed by atoms with Crippen LogP contribution in [0.3, 0.4) is 0 Å². The standard InChI is InChI=1S/C21H23N5O2/c1-14(2)28-19-7-5-4-6-17(19)26-20-12-18(24-15(3)25-20)21(27)23-13-16-8-10-22-11-9-16/h4-12,14H,13H2,1-3H3,(H,23,27)(H,24,25,26). The SMILES string of the molecule is Cc1nc(Nc2ccccc2OC(C)C)cc(C(=O)NCc2ccncc2)n1. The molecule has 1 aromatic carbocycles. The summed E-state index contributed by atoms with van der Waals surface area (Å²) < 4.78 is 5.82. The van der Waals surface area contributed by atoms with E-state index in [1.54, 1.807) is 25.4 Å². The van der Waals surface area contributed by atoms with Gasteiger partial charge in [0.05, 0.1) is 11.8 Å². The van der Waals surface area contributed by atoms with Gasteiger partial charge in [-0.25, -0.2) is 9.97 Å². The molecule has 28 heavy (non-hydrogen) atoms. The molecule has 7 heteroatoms. The predicted octanol–water partition coefficient (Wildman–Crippen LogP) is 3.64. The van der Waals surface area contributed by atoms with E-state index >= 15 is 0 Å². The quantitative estimate of drug-likeness (QED) is 0.653. The summed E-state index contributed by atoms with van der Waals surface area (Å²) in [6.45, 7) is 6.09. The van der Waals surface area contributed by atoms with Gasteiger partial charge in [-0.1, -0.05) is 12.1 Å². The number of hydrogen-bond acceptors (Lipinski definition) is 6. The number of ether oxygens (including phenoxy) is 1. The van der Waals surface area contributed by atoms with Crippen molar-refractivity contribution in [2.75, 3.05) is 5.32 Å². The molecule has 0 aliphatic carbocycles. The summed E-state index contributed by atoms with van der Waals surface area (Å²) in [5.74, 6) is 1.48. The van der Waals surface area contributed by atoms with Crippen molar-refractivity contribution < 1.29 is 9.53 Å².